The average molecular weight is 472 g/mol. The van der Waals surface area contributed by atoms with Crippen LogP contribution in [0.3, 0.4) is 0 Å². The van der Waals surface area contributed by atoms with Crippen molar-refractivity contribution in [1.82, 2.24) is 15.5 Å². The number of rotatable bonds is 8. The van der Waals surface area contributed by atoms with Gasteiger partial charge in [-0.05, 0) is 34.7 Å². The SMILES string of the molecule is CC(C)(C)c1ccc(C(=O)NCCC(=O)NCC(c2ccccc2Cl)N2CCOCC2)cc1. The molecule has 1 aliphatic heterocycles. The maximum absolute atomic E-state index is 12.5. The van der Waals surface area contributed by atoms with Crippen LogP contribution in [0.1, 0.15) is 54.7 Å². The summed E-state index contributed by atoms with van der Waals surface area (Å²) in [5.41, 5.74) is 2.80. The Bertz CT molecular complexity index is 935. The van der Waals surface area contributed by atoms with Crippen LogP contribution in [0.15, 0.2) is 48.5 Å². The maximum Gasteiger partial charge on any atom is 0.251 e. The van der Waals surface area contributed by atoms with Gasteiger partial charge in [-0.25, -0.2) is 0 Å². The molecule has 0 spiro atoms. The number of morpholine rings is 1. The predicted octanol–water partition coefficient (Wildman–Crippen LogP) is 3.95. The van der Waals surface area contributed by atoms with Crippen LogP contribution in [-0.2, 0) is 14.9 Å². The highest BCUT2D eigenvalue weighted by atomic mass is 35.5. The third-order valence-electron chi connectivity index (χ3n) is 5.89. The average Bonchev–Trinajstić information content (AvgIpc) is 2.80. The first-order chi connectivity index (χ1) is 15.8. The van der Waals surface area contributed by atoms with Crippen LogP contribution in [0.4, 0.5) is 0 Å². The van der Waals surface area contributed by atoms with E-state index < -0.39 is 0 Å². The van der Waals surface area contributed by atoms with Gasteiger partial charge in [-0.1, -0.05) is 62.7 Å². The second kappa shape index (κ2) is 11.6. The number of benzene rings is 2. The van der Waals surface area contributed by atoms with Gasteiger partial charge in [0.25, 0.3) is 5.91 Å². The van der Waals surface area contributed by atoms with Crippen LogP contribution < -0.4 is 10.6 Å². The molecule has 1 unspecified atom stereocenters. The number of halogens is 1. The number of ether oxygens (including phenoxy) is 1. The van der Waals surface area contributed by atoms with E-state index in [-0.39, 0.29) is 36.2 Å². The molecule has 2 N–H and O–H groups in total. The molecule has 0 bridgehead atoms. The quantitative estimate of drug-likeness (QED) is 0.611. The molecule has 7 heteroatoms. The molecule has 0 aromatic heterocycles. The summed E-state index contributed by atoms with van der Waals surface area (Å²) >= 11 is 6.45. The molecule has 1 atom stereocenters. The lowest BCUT2D eigenvalue weighted by molar-refractivity contribution is -0.121. The van der Waals surface area contributed by atoms with Gasteiger partial charge in [-0.2, -0.15) is 0 Å². The summed E-state index contributed by atoms with van der Waals surface area (Å²) in [7, 11) is 0. The van der Waals surface area contributed by atoms with Gasteiger partial charge >= 0.3 is 0 Å². The normalized spacial score (nSPS) is 15.6. The van der Waals surface area contributed by atoms with Crippen molar-refractivity contribution in [2.75, 3.05) is 39.4 Å². The molecule has 2 aromatic carbocycles. The molecule has 2 amide bonds. The number of nitrogens with zero attached hydrogens (tertiary/aromatic N) is 1. The summed E-state index contributed by atoms with van der Waals surface area (Å²) in [6.07, 6.45) is 0.212. The topological polar surface area (TPSA) is 70.7 Å². The van der Waals surface area contributed by atoms with Crippen molar-refractivity contribution in [3.05, 3.63) is 70.2 Å². The Balaban J connectivity index is 1.50. The molecule has 2 aromatic rings. The lowest BCUT2D eigenvalue weighted by Crippen LogP contribution is -2.44. The highest BCUT2D eigenvalue weighted by Gasteiger charge is 2.24. The summed E-state index contributed by atoms with van der Waals surface area (Å²) in [6.45, 7) is 10.0. The van der Waals surface area contributed by atoms with Gasteiger partial charge in [0, 0.05) is 43.2 Å². The van der Waals surface area contributed by atoms with Gasteiger partial charge in [0.15, 0.2) is 0 Å². The molecule has 0 radical (unpaired) electrons. The maximum atomic E-state index is 12.5. The zero-order chi connectivity index (χ0) is 23.8. The van der Waals surface area contributed by atoms with Crippen LogP contribution >= 0.6 is 11.6 Å². The number of nitrogens with one attached hydrogen (secondary N) is 2. The second-order valence-electron chi connectivity index (χ2n) is 9.32. The van der Waals surface area contributed by atoms with Crippen LogP contribution in [-0.4, -0.2) is 56.1 Å². The fourth-order valence-electron chi connectivity index (χ4n) is 3.88. The molecule has 1 heterocycles. The Hall–Kier alpha value is -2.41. The molecule has 33 heavy (non-hydrogen) atoms. The van der Waals surface area contributed by atoms with E-state index in [4.69, 9.17) is 16.3 Å². The van der Waals surface area contributed by atoms with Crippen LogP contribution in [0.2, 0.25) is 5.02 Å². The van der Waals surface area contributed by atoms with E-state index in [0.29, 0.717) is 30.3 Å². The lowest BCUT2D eigenvalue weighted by atomic mass is 9.87. The van der Waals surface area contributed by atoms with Gasteiger partial charge in [0.2, 0.25) is 5.91 Å². The van der Waals surface area contributed by atoms with Crippen LogP contribution in [0.5, 0.6) is 0 Å². The van der Waals surface area contributed by atoms with E-state index in [0.717, 1.165) is 18.7 Å². The van der Waals surface area contributed by atoms with Gasteiger partial charge < -0.3 is 15.4 Å². The first-order valence-electron chi connectivity index (χ1n) is 11.5. The summed E-state index contributed by atoms with van der Waals surface area (Å²) in [5.74, 6) is -0.283. The standard InChI is InChI=1S/C26H34ClN3O3/c1-26(2,3)20-10-8-19(9-11-20)25(32)28-13-12-24(31)29-18-23(30-14-16-33-17-15-30)21-6-4-5-7-22(21)27/h4-11,23H,12-18H2,1-3H3,(H,28,32)(H,29,31). The third kappa shape index (κ3) is 7.29. The van der Waals surface area contributed by atoms with Crippen LogP contribution in [0.25, 0.3) is 0 Å². The molecule has 6 nitrogen and oxygen atoms in total. The van der Waals surface area contributed by atoms with Crippen molar-refractivity contribution < 1.29 is 14.3 Å². The van der Waals surface area contributed by atoms with Crippen molar-refractivity contribution in [1.29, 1.82) is 0 Å². The highest BCUT2D eigenvalue weighted by Crippen LogP contribution is 2.28. The highest BCUT2D eigenvalue weighted by molar-refractivity contribution is 6.31. The zero-order valence-corrected chi connectivity index (χ0v) is 20.5. The van der Waals surface area contributed by atoms with E-state index in [1.807, 2.05) is 48.5 Å². The second-order valence-corrected chi connectivity index (χ2v) is 9.73. The molecular weight excluding hydrogens is 438 g/mol. The van der Waals surface area contributed by atoms with Gasteiger partial charge in [0.05, 0.1) is 19.3 Å². The lowest BCUT2D eigenvalue weighted by Gasteiger charge is -2.35. The van der Waals surface area contributed by atoms with Crippen molar-refractivity contribution in [2.24, 2.45) is 0 Å². The number of carbonyl (C=O) groups is 2. The van der Waals surface area contributed by atoms with Crippen molar-refractivity contribution >= 4 is 23.4 Å². The molecular formula is C26H34ClN3O3. The summed E-state index contributed by atoms with van der Waals surface area (Å²) in [5, 5.41) is 6.53. The van der Waals surface area contributed by atoms with Crippen molar-refractivity contribution in [2.45, 2.75) is 38.6 Å². The molecule has 1 saturated heterocycles. The minimum Gasteiger partial charge on any atom is -0.379 e. The van der Waals surface area contributed by atoms with Crippen molar-refractivity contribution in [3.8, 4) is 0 Å². The minimum absolute atomic E-state index is 0.0255. The predicted molar refractivity (Wildman–Crippen MR) is 132 cm³/mol. The van der Waals surface area contributed by atoms with Gasteiger partial charge in [0.1, 0.15) is 0 Å². The van der Waals surface area contributed by atoms with Gasteiger partial charge in [-0.15, -0.1) is 0 Å². The molecule has 0 saturated carbocycles. The van der Waals surface area contributed by atoms with Gasteiger partial charge in [-0.3, -0.25) is 14.5 Å². The van der Waals surface area contributed by atoms with E-state index in [9.17, 15) is 9.59 Å². The molecule has 0 aliphatic carbocycles. The number of amides is 2. The van der Waals surface area contributed by atoms with Crippen LogP contribution in [0, 0.1) is 0 Å². The van der Waals surface area contributed by atoms with Crippen molar-refractivity contribution in [3.63, 3.8) is 0 Å². The Morgan fingerprint density at radius 1 is 1.03 bits per heavy atom. The summed E-state index contributed by atoms with van der Waals surface area (Å²) in [6, 6.07) is 15.3. The number of hydrogen-bond donors (Lipinski definition) is 2. The third-order valence-corrected chi connectivity index (χ3v) is 6.24. The monoisotopic (exact) mass is 471 g/mol. The first-order valence-corrected chi connectivity index (χ1v) is 11.8. The minimum atomic E-state index is -0.175. The first kappa shape index (κ1) is 25.2. The Morgan fingerprint density at radius 2 is 1.70 bits per heavy atom. The van der Waals surface area contributed by atoms with E-state index in [1.165, 1.54) is 5.56 Å². The Labute approximate surface area is 201 Å². The van der Waals surface area contributed by atoms with E-state index in [2.05, 4.69) is 36.3 Å². The Morgan fingerprint density at radius 3 is 2.33 bits per heavy atom. The Kier molecular flexibility index (Phi) is 8.89. The number of carbonyl (C=O) groups excluding carboxylic acids is 2. The number of hydrogen-bond acceptors (Lipinski definition) is 4. The molecule has 178 valence electrons. The molecule has 1 fully saturated rings. The summed E-state index contributed by atoms with van der Waals surface area (Å²) in [4.78, 5) is 27.2. The van der Waals surface area contributed by atoms with E-state index >= 15 is 0 Å². The zero-order valence-electron chi connectivity index (χ0n) is 19.7. The molecule has 1 aliphatic rings. The summed E-state index contributed by atoms with van der Waals surface area (Å²) < 4.78 is 5.47. The van der Waals surface area contributed by atoms with E-state index in [1.54, 1.807) is 0 Å². The smallest absolute Gasteiger partial charge is 0.251 e. The largest absolute Gasteiger partial charge is 0.379 e. The fourth-order valence-corrected chi connectivity index (χ4v) is 4.14. The fraction of sp³-hybridized carbons (Fsp3) is 0.462. The molecule has 3 rings (SSSR count).